The Morgan fingerprint density at radius 1 is 0.125 bits per heavy atom. The highest BCUT2D eigenvalue weighted by molar-refractivity contribution is 6.13. The Hall–Kier alpha value is -14.8. The quantitative estimate of drug-likeness (QED) is 0.0903. The molecule has 0 bridgehead atoms. The first kappa shape index (κ1) is 66.6. The third kappa shape index (κ3) is 12.8. The molecule has 0 N–H and O–H groups in total. The summed E-state index contributed by atoms with van der Waals surface area (Å²) in [5, 5.41) is 4.82. The summed E-state index contributed by atoms with van der Waals surface area (Å²) >= 11 is 0. The van der Waals surface area contributed by atoms with Crippen LogP contribution in [0, 0.1) is 0 Å². The summed E-state index contributed by atoms with van der Waals surface area (Å²) in [4.78, 5) is 4.70. The molecule has 0 aliphatic carbocycles. The van der Waals surface area contributed by atoms with Crippen LogP contribution in [0.15, 0.2) is 449 Å². The molecule has 2 heterocycles. The average molecular weight is 1430 g/mol. The first-order chi connectivity index (χ1) is 55.5. The number of fused-ring (bicyclic) bond motifs is 6. The predicted molar refractivity (Wildman–Crippen MR) is 473 cm³/mol. The molecule has 2 aromatic heterocycles. The standard InChI is InChI=1S/C108H74N4/c1-7-19-75(20-8-1)79-31-39-85(40-32-79)89-51-67-105-101(71-89)102-72-90(86-41-33-80(34-42-86)76-21-9-2-10-22-76)52-68-106(102)111(105)99-63-59-97(60-64-99)109(93-27-15-5-16-28-93)95-55-47-83(48-56-95)84-49-57-96(58-50-84)110(94-29-17-6-18-30-94)98-61-65-100(66-62-98)112-107-69-53-91(87-43-35-81(36-44-87)77-23-11-3-12-24-77)73-103(107)104-74-92(54-70-108(104)112)88-45-37-82(38-46-88)78-25-13-4-14-26-78/h1-74H. The van der Waals surface area contributed by atoms with Crippen LogP contribution in [0.25, 0.3) is 155 Å². The Morgan fingerprint density at radius 2 is 0.277 bits per heavy atom. The molecule has 526 valence electrons. The zero-order valence-corrected chi connectivity index (χ0v) is 61.5. The lowest BCUT2D eigenvalue weighted by Gasteiger charge is -2.26. The molecular weight excluding hydrogens is 1350 g/mol. The summed E-state index contributed by atoms with van der Waals surface area (Å²) < 4.78 is 4.86. The predicted octanol–water partition coefficient (Wildman–Crippen LogP) is 29.8. The van der Waals surface area contributed by atoms with Gasteiger partial charge in [0.1, 0.15) is 0 Å². The molecule has 0 atom stereocenters. The molecule has 0 fully saturated rings. The van der Waals surface area contributed by atoms with E-state index >= 15 is 0 Å². The fraction of sp³-hybridized carbons (Fsp3) is 0. The molecule has 0 aliphatic rings. The molecule has 0 saturated heterocycles. The van der Waals surface area contributed by atoms with Crippen molar-refractivity contribution in [1.82, 2.24) is 9.13 Å². The van der Waals surface area contributed by atoms with Gasteiger partial charge in [0.2, 0.25) is 0 Å². The summed E-state index contributed by atoms with van der Waals surface area (Å²) in [5.41, 5.74) is 34.6. The molecule has 18 aromatic carbocycles. The van der Waals surface area contributed by atoms with E-state index in [9.17, 15) is 0 Å². The second-order valence-electron chi connectivity index (χ2n) is 28.8. The molecule has 0 saturated carbocycles. The normalized spacial score (nSPS) is 11.4. The van der Waals surface area contributed by atoms with E-state index in [0.717, 1.165) is 78.7 Å². The van der Waals surface area contributed by atoms with Crippen molar-refractivity contribution in [2.75, 3.05) is 9.80 Å². The molecular formula is C108H74N4. The van der Waals surface area contributed by atoms with Crippen LogP contribution in [0.3, 0.4) is 0 Å². The van der Waals surface area contributed by atoms with E-state index in [4.69, 9.17) is 0 Å². The summed E-state index contributed by atoms with van der Waals surface area (Å²) in [6.45, 7) is 0. The molecule has 4 nitrogen and oxygen atoms in total. The van der Waals surface area contributed by atoms with Crippen LogP contribution in [-0.2, 0) is 0 Å². The Bertz CT molecular complexity index is 6030. The van der Waals surface area contributed by atoms with E-state index in [1.165, 1.54) is 111 Å². The van der Waals surface area contributed by atoms with Crippen LogP contribution in [-0.4, -0.2) is 9.13 Å². The number of aromatic nitrogens is 2. The highest BCUT2D eigenvalue weighted by atomic mass is 15.1. The van der Waals surface area contributed by atoms with Gasteiger partial charge in [0.25, 0.3) is 0 Å². The topological polar surface area (TPSA) is 16.3 Å². The van der Waals surface area contributed by atoms with E-state index in [1.54, 1.807) is 0 Å². The lowest BCUT2D eigenvalue weighted by Crippen LogP contribution is -2.10. The van der Waals surface area contributed by atoms with E-state index in [2.05, 4.69) is 468 Å². The number of benzene rings is 18. The number of anilines is 6. The largest absolute Gasteiger partial charge is 0.311 e. The van der Waals surface area contributed by atoms with Crippen LogP contribution < -0.4 is 9.80 Å². The monoisotopic (exact) mass is 1430 g/mol. The van der Waals surface area contributed by atoms with Gasteiger partial charge in [0, 0.05) is 67.0 Å². The lowest BCUT2D eigenvalue weighted by molar-refractivity contribution is 1.17. The average Bonchev–Trinajstić information content (AvgIpc) is 1.59. The van der Waals surface area contributed by atoms with Crippen molar-refractivity contribution in [3.05, 3.63) is 449 Å². The Kier molecular flexibility index (Phi) is 17.3. The first-order valence-corrected chi connectivity index (χ1v) is 38.4. The van der Waals surface area contributed by atoms with Crippen molar-refractivity contribution in [3.63, 3.8) is 0 Å². The van der Waals surface area contributed by atoms with Gasteiger partial charge < -0.3 is 18.9 Å². The van der Waals surface area contributed by atoms with Gasteiger partial charge in [-0.1, -0.05) is 303 Å². The van der Waals surface area contributed by atoms with Crippen LogP contribution >= 0.6 is 0 Å². The van der Waals surface area contributed by atoms with E-state index in [0.29, 0.717) is 0 Å². The van der Waals surface area contributed by atoms with Crippen LogP contribution in [0.1, 0.15) is 0 Å². The van der Waals surface area contributed by atoms with Gasteiger partial charge in [-0.05, 0) is 246 Å². The van der Waals surface area contributed by atoms with Crippen LogP contribution in [0.4, 0.5) is 34.1 Å². The number of hydrogen-bond acceptors (Lipinski definition) is 2. The maximum absolute atomic E-state index is 2.43. The number of hydrogen-bond donors (Lipinski definition) is 0. The molecule has 0 amide bonds. The third-order valence-electron chi connectivity index (χ3n) is 22.2. The van der Waals surface area contributed by atoms with Gasteiger partial charge >= 0.3 is 0 Å². The molecule has 112 heavy (non-hydrogen) atoms. The van der Waals surface area contributed by atoms with Gasteiger partial charge in [0.05, 0.1) is 22.1 Å². The summed E-state index contributed by atoms with van der Waals surface area (Å²) in [5.74, 6) is 0. The van der Waals surface area contributed by atoms with Gasteiger partial charge in [-0.3, -0.25) is 0 Å². The first-order valence-electron chi connectivity index (χ1n) is 38.4. The number of nitrogens with zero attached hydrogens (tertiary/aromatic N) is 4. The SMILES string of the molecule is c1ccc(-c2ccc(-c3ccc4c(c3)c3cc(-c5ccc(-c6ccccc6)cc5)ccc3n4-c3ccc(N(c4ccccc4)c4ccc(-c5ccc(N(c6ccccc6)c6ccc(-n7c8ccc(-c9ccc(-c%10ccccc%10)cc9)cc8c8cc(-c9ccc(-c%10ccccc%10)cc9)ccc87)cc6)cc5)cc4)cc3)cc2)cc1. The van der Waals surface area contributed by atoms with Crippen molar-refractivity contribution in [3.8, 4) is 112 Å². The summed E-state index contributed by atoms with van der Waals surface area (Å²) in [6, 6.07) is 164. The Labute approximate surface area is 652 Å². The smallest absolute Gasteiger partial charge is 0.0541 e. The minimum atomic E-state index is 1.06. The van der Waals surface area contributed by atoms with Gasteiger partial charge in [-0.25, -0.2) is 0 Å². The third-order valence-corrected chi connectivity index (χ3v) is 22.2. The molecule has 20 aromatic rings. The summed E-state index contributed by atoms with van der Waals surface area (Å²) in [6.07, 6.45) is 0. The molecule has 0 spiro atoms. The van der Waals surface area contributed by atoms with Crippen LogP contribution in [0.5, 0.6) is 0 Å². The second kappa shape index (κ2) is 29.0. The molecule has 0 unspecified atom stereocenters. The van der Waals surface area contributed by atoms with Crippen molar-refractivity contribution in [2.24, 2.45) is 0 Å². The van der Waals surface area contributed by atoms with Crippen molar-refractivity contribution in [1.29, 1.82) is 0 Å². The Morgan fingerprint density at radius 3 is 0.491 bits per heavy atom. The van der Waals surface area contributed by atoms with Gasteiger partial charge in [-0.2, -0.15) is 0 Å². The second-order valence-corrected chi connectivity index (χ2v) is 28.8. The van der Waals surface area contributed by atoms with Gasteiger partial charge in [0.15, 0.2) is 0 Å². The maximum atomic E-state index is 2.43. The fourth-order valence-electron chi connectivity index (χ4n) is 16.4. The van der Waals surface area contributed by atoms with Gasteiger partial charge in [-0.15, -0.1) is 0 Å². The minimum Gasteiger partial charge on any atom is -0.311 e. The molecule has 4 heteroatoms. The number of rotatable bonds is 17. The zero-order chi connectivity index (χ0) is 74.3. The summed E-state index contributed by atoms with van der Waals surface area (Å²) in [7, 11) is 0. The van der Waals surface area contributed by atoms with E-state index in [-0.39, 0.29) is 0 Å². The van der Waals surface area contributed by atoms with Crippen molar-refractivity contribution in [2.45, 2.75) is 0 Å². The van der Waals surface area contributed by atoms with Crippen molar-refractivity contribution >= 4 is 77.7 Å². The number of para-hydroxylation sites is 2. The van der Waals surface area contributed by atoms with E-state index < -0.39 is 0 Å². The minimum absolute atomic E-state index is 1.06. The zero-order valence-electron chi connectivity index (χ0n) is 61.5. The molecule has 0 aliphatic heterocycles. The highest BCUT2D eigenvalue weighted by Gasteiger charge is 2.22. The van der Waals surface area contributed by atoms with E-state index in [1.807, 2.05) is 0 Å². The van der Waals surface area contributed by atoms with Crippen molar-refractivity contribution < 1.29 is 0 Å². The highest BCUT2D eigenvalue weighted by Crippen LogP contribution is 2.44. The Balaban J connectivity index is 0.600. The van der Waals surface area contributed by atoms with Crippen LogP contribution in [0.2, 0.25) is 0 Å². The lowest BCUT2D eigenvalue weighted by atomic mass is 9.97. The maximum Gasteiger partial charge on any atom is 0.0541 e. The fourth-order valence-corrected chi connectivity index (χ4v) is 16.4. The molecule has 0 radical (unpaired) electrons. The molecule has 20 rings (SSSR count).